The number of nitrogens with zero attached hydrogens (tertiary/aromatic N) is 4. The zero-order valence-electron chi connectivity index (χ0n) is 12.8. The topological polar surface area (TPSA) is 55.6 Å². The molecule has 1 fully saturated rings. The van der Waals surface area contributed by atoms with Crippen LogP contribution in [0.5, 0.6) is 0 Å². The molecule has 0 unspecified atom stereocenters. The minimum atomic E-state index is 0.292. The van der Waals surface area contributed by atoms with Gasteiger partial charge >= 0.3 is 0 Å². The minimum Gasteiger partial charge on any atom is -0.307 e. The van der Waals surface area contributed by atoms with Gasteiger partial charge in [-0.25, -0.2) is 9.97 Å². The van der Waals surface area contributed by atoms with Crippen LogP contribution < -0.4 is 5.32 Å². The molecular formula is C16H23N5. The molecule has 112 valence electrons. The van der Waals surface area contributed by atoms with Gasteiger partial charge in [-0.2, -0.15) is 5.10 Å². The van der Waals surface area contributed by atoms with Crippen molar-refractivity contribution in [3.05, 3.63) is 29.8 Å². The maximum Gasteiger partial charge on any atom is 0.146 e. The highest BCUT2D eigenvalue weighted by molar-refractivity contribution is 5.54. The van der Waals surface area contributed by atoms with E-state index in [0.717, 1.165) is 48.8 Å². The van der Waals surface area contributed by atoms with Crippen molar-refractivity contribution in [2.75, 3.05) is 6.54 Å². The van der Waals surface area contributed by atoms with Gasteiger partial charge in [0.05, 0.1) is 17.4 Å². The zero-order valence-corrected chi connectivity index (χ0v) is 12.8. The molecule has 2 aromatic heterocycles. The molecule has 0 amide bonds. The number of nitrogens with one attached hydrogen (secondary N) is 1. The third-order valence-electron chi connectivity index (χ3n) is 3.91. The lowest BCUT2D eigenvalue weighted by Gasteiger charge is -2.22. The molecule has 5 heteroatoms. The Hall–Kier alpha value is -1.75. The first kappa shape index (κ1) is 14.2. The molecule has 0 radical (unpaired) electrons. The highest BCUT2D eigenvalue weighted by Gasteiger charge is 2.19. The third kappa shape index (κ3) is 3.13. The maximum atomic E-state index is 4.81. The van der Waals surface area contributed by atoms with Crippen molar-refractivity contribution in [2.45, 2.75) is 52.1 Å². The van der Waals surface area contributed by atoms with Crippen LogP contribution in [-0.2, 0) is 6.54 Å². The molecule has 2 aromatic rings. The largest absolute Gasteiger partial charge is 0.307 e. The molecule has 0 spiro atoms. The second-order valence-electron chi connectivity index (χ2n) is 5.69. The molecule has 1 atom stereocenters. The molecule has 0 bridgehead atoms. The van der Waals surface area contributed by atoms with E-state index in [1.807, 2.05) is 23.9 Å². The summed E-state index contributed by atoms with van der Waals surface area (Å²) in [5.41, 5.74) is 3.09. The fourth-order valence-corrected chi connectivity index (χ4v) is 2.89. The third-order valence-corrected chi connectivity index (χ3v) is 3.91. The number of rotatable bonds is 4. The Morgan fingerprint density at radius 2 is 2.24 bits per heavy atom. The number of piperidine rings is 1. The SMILES string of the molecule is CCCn1nccc1-c1cc(C)nc([C@H]2CCCCN2)n1. The summed E-state index contributed by atoms with van der Waals surface area (Å²) in [6.07, 6.45) is 6.53. The van der Waals surface area contributed by atoms with E-state index < -0.39 is 0 Å². The van der Waals surface area contributed by atoms with E-state index in [0.29, 0.717) is 6.04 Å². The van der Waals surface area contributed by atoms with Crippen molar-refractivity contribution in [1.82, 2.24) is 25.1 Å². The predicted octanol–water partition coefficient (Wildman–Crippen LogP) is 2.87. The molecule has 3 rings (SSSR count). The molecule has 1 aliphatic heterocycles. The van der Waals surface area contributed by atoms with E-state index in [1.54, 1.807) is 0 Å². The quantitative estimate of drug-likeness (QED) is 0.938. The highest BCUT2D eigenvalue weighted by atomic mass is 15.3. The Morgan fingerprint density at radius 3 is 3.00 bits per heavy atom. The Balaban J connectivity index is 1.95. The van der Waals surface area contributed by atoms with Crippen molar-refractivity contribution in [3.8, 4) is 11.4 Å². The summed E-state index contributed by atoms with van der Waals surface area (Å²) in [5.74, 6) is 0.925. The minimum absolute atomic E-state index is 0.292. The number of aryl methyl sites for hydroxylation is 2. The molecule has 1 saturated heterocycles. The van der Waals surface area contributed by atoms with Crippen LogP contribution in [0, 0.1) is 6.92 Å². The Labute approximate surface area is 125 Å². The van der Waals surface area contributed by atoms with Crippen LogP contribution in [0.25, 0.3) is 11.4 Å². The Morgan fingerprint density at radius 1 is 1.33 bits per heavy atom. The van der Waals surface area contributed by atoms with Crippen LogP contribution >= 0.6 is 0 Å². The van der Waals surface area contributed by atoms with Crippen molar-refractivity contribution < 1.29 is 0 Å². The van der Waals surface area contributed by atoms with E-state index in [-0.39, 0.29) is 0 Å². The first-order chi connectivity index (χ1) is 10.3. The van der Waals surface area contributed by atoms with Gasteiger partial charge in [-0.15, -0.1) is 0 Å². The Bertz CT molecular complexity index is 598. The number of hydrogen-bond acceptors (Lipinski definition) is 4. The van der Waals surface area contributed by atoms with Crippen molar-refractivity contribution in [2.24, 2.45) is 0 Å². The highest BCUT2D eigenvalue weighted by Crippen LogP contribution is 2.24. The Kier molecular flexibility index (Phi) is 4.29. The average Bonchev–Trinajstić information content (AvgIpc) is 2.96. The zero-order chi connectivity index (χ0) is 14.7. The summed E-state index contributed by atoms with van der Waals surface area (Å²) < 4.78 is 2.03. The first-order valence-corrected chi connectivity index (χ1v) is 7.89. The van der Waals surface area contributed by atoms with Crippen LogP contribution in [0.3, 0.4) is 0 Å². The molecule has 5 nitrogen and oxygen atoms in total. The number of hydrogen-bond donors (Lipinski definition) is 1. The average molecular weight is 285 g/mol. The summed E-state index contributed by atoms with van der Waals surface area (Å²) in [6.45, 7) is 6.18. The van der Waals surface area contributed by atoms with Gasteiger partial charge in [0, 0.05) is 18.4 Å². The van der Waals surface area contributed by atoms with Gasteiger partial charge in [-0.05, 0) is 44.9 Å². The standard InChI is InChI=1S/C16H23N5/c1-3-10-21-15(7-9-18-21)14-11-12(2)19-16(20-14)13-6-4-5-8-17-13/h7,9,11,13,17H,3-6,8,10H2,1-2H3/t13-/m1/s1. The lowest BCUT2D eigenvalue weighted by atomic mass is 10.0. The predicted molar refractivity (Wildman–Crippen MR) is 82.9 cm³/mol. The molecule has 0 saturated carbocycles. The lowest BCUT2D eigenvalue weighted by molar-refractivity contribution is 0.397. The van der Waals surface area contributed by atoms with Gasteiger partial charge in [-0.1, -0.05) is 13.3 Å². The molecular weight excluding hydrogens is 262 g/mol. The molecule has 21 heavy (non-hydrogen) atoms. The van der Waals surface area contributed by atoms with Crippen molar-refractivity contribution >= 4 is 0 Å². The van der Waals surface area contributed by atoms with E-state index in [1.165, 1.54) is 12.8 Å². The van der Waals surface area contributed by atoms with Crippen molar-refractivity contribution in [3.63, 3.8) is 0 Å². The first-order valence-electron chi connectivity index (χ1n) is 7.89. The molecule has 0 aliphatic carbocycles. The van der Waals surface area contributed by atoms with Crippen LogP contribution in [0.4, 0.5) is 0 Å². The lowest BCUT2D eigenvalue weighted by Crippen LogP contribution is -2.28. The molecule has 3 heterocycles. The molecule has 1 N–H and O–H groups in total. The fraction of sp³-hybridized carbons (Fsp3) is 0.562. The van der Waals surface area contributed by atoms with Gasteiger partial charge in [0.2, 0.25) is 0 Å². The summed E-state index contributed by atoms with van der Waals surface area (Å²) in [6, 6.07) is 4.38. The van der Waals surface area contributed by atoms with E-state index in [9.17, 15) is 0 Å². The second kappa shape index (κ2) is 6.35. The summed E-state index contributed by atoms with van der Waals surface area (Å²) in [7, 11) is 0. The summed E-state index contributed by atoms with van der Waals surface area (Å²) in [5, 5.41) is 7.92. The van der Waals surface area contributed by atoms with E-state index in [2.05, 4.69) is 28.4 Å². The fourth-order valence-electron chi connectivity index (χ4n) is 2.89. The monoisotopic (exact) mass is 285 g/mol. The van der Waals surface area contributed by atoms with Crippen molar-refractivity contribution in [1.29, 1.82) is 0 Å². The number of aromatic nitrogens is 4. The van der Waals surface area contributed by atoms with Gasteiger partial charge in [-0.3, -0.25) is 4.68 Å². The van der Waals surface area contributed by atoms with Crippen LogP contribution in [-0.4, -0.2) is 26.3 Å². The van der Waals surface area contributed by atoms with Gasteiger partial charge in [0.25, 0.3) is 0 Å². The normalized spacial score (nSPS) is 18.9. The second-order valence-corrected chi connectivity index (χ2v) is 5.69. The molecule has 1 aliphatic rings. The van der Waals surface area contributed by atoms with Crippen LogP contribution in [0.2, 0.25) is 0 Å². The summed E-state index contributed by atoms with van der Waals surface area (Å²) >= 11 is 0. The van der Waals surface area contributed by atoms with Gasteiger partial charge < -0.3 is 5.32 Å². The maximum absolute atomic E-state index is 4.81. The van der Waals surface area contributed by atoms with Crippen LogP contribution in [0.1, 0.15) is 50.2 Å². The van der Waals surface area contributed by atoms with E-state index in [4.69, 9.17) is 4.98 Å². The van der Waals surface area contributed by atoms with Crippen LogP contribution in [0.15, 0.2) is 18.3 Å². The van der Waals surface area contributed by atoms with Gasteiger partial charge in [0.15, 0.2) is 0 Å². The summed E-state index contributed by atoms with van der Waals surface area (Å²) in [4.78, 5) is 9.45. The molecule has 0 aromatic carbocycles. The smallest absolute Gasteiger partial charge is 0.146 e. The van der Waals surface area contributed by atoms with E-state index >= 15 is 0 Å². The van der Waals surface area contributed by atoms with Gasteiger partial charge in [0.1, 0.15) is 5.82 Å².